The van der Waals surface area contributed by atoms with Crippen LogP contribution in [0, 0.1) is 12.8 Å². The van der Waals surface area contributed by atoms with E-state index in [1.807, 2.05) is 7.05 Å². The van der Waals surface area contributed by atoms with Crippen molar-refractivity contribution in [3.05, 3.63) is 17.5 Å². The highest BCUT2D eigenvalue weighted by molar-refractivity contribution is 5.11. The number of likely N-dealkylation sites (N-methyl/N-ethyl adjacent to an activating group) is 1. The lowest BCUT2D eigenvalue weighted by atomic mass is 9.94. The van der Waals surface area contributed by atoms with Gasteiger partial charge in [0.25, 0.3) is 0 Å². The van der Waals surface area contributed by atoms with Gasteiger partial charge in [-0.2, -0.15) is 5.10 Å². The van der Waals surface area contributed by atoms with Crippen LogP contribution in [0.15, 0.2) is 6.07 Å². The monoisotopic (exact) mass is 251 g/mol. The predicted molar refractivity (Wildman–Crippen MR) is 72.7 cm³/mol. The number of nitrogens with one attached hydrogen (secondary N) is 1. The standard InChI is InChI=1S/C14H25N3O/c1-5-17-12(8-11(3)16-17)9-13(15-4)14-10(2)6-7-18-14/h8,10,13-15H,5-7,9H2,1-4H3. The molecular weight excluding hydrogens is 226 g/mol. The van der Waals surface area contributed by atoms with Crippen molar-refractivity contribution in [3.63, 3.8) is 0 Å². The molecular formula is C14H25N3O. The molecule has 1 saturated heterocycles. The summed E-state index contributed by atoms with van der Waals surface area (Å²) in [6.07, 6.45) is 2.49. The summed E-state index contributed by atoms with van der Waals surface area (Å²) in [5.74, 6) is 0.640. The Bertz CT molecular complexity index is 388. The van der Waals surface area contributed by atoms with Crippen LogP contribution in [0.3, 0.4) is 0 Å². The van der Waals surface area contributed by atoms with Crippen LogP contribution in [0.4, 0.5) is 0 Å². The normalized spacial score (nSPS) is 25.6. The van der Waals surface area contributed by atoms with Gasteiger partial charge in [0.15, 0.2) is 0 Å². The Kier molecular flexibility index (Phi) is 4.40. The average molecular weight is 251 g/mol. The third kappa shape index (κ3) is 2.75. The zero-order valence-corrected chi connectivity index (χ0v) is 11.9. The van der Waals surface area contributed by atoms with E-state index < -0.39 is 0 Å². The Balaban J connectivity index is 2.09. The second kappa shape index (κ2) is 5.85. The van der Waals surface area contributed by atoms with Crippen molar-refractivity contribution in [2.24, 2.45) is 5.92 Å². The largest absolute Gasteiger partial charge is 0.376 e. The molecule has 1 aliphatic rings. The fourth-order valence-electron chi connectivity index (χ4n) is 2.88. The number of aromatic nitrogens is 2. The summed E-state index contributed by atoms with van der Waals surface area (Å²) in [7, 11) is 2.03. The topological polar surface area (TPSA) is 39.1 Å². The van der Waals surface area contributed by atoms with Crippen molar-refractivity contribution >= 4 is 0 Å². The average Bonchev–Trinajstić information content (AvgIpc) is 2.92. The Morgan fingerprint density at radius 1 is 1.61 bits per heavy atom. The Labute approximate surface area is 110 Å². The highest BCUT2D eigenvalue weighted by Crippen LogP contribution is 2.24. The lowest BCUT2D eigenvalue weighted by molar-refractivity contribution is 0.0628. The van der Waals surface area contributed by atoms with Crippen LogP contribution in [-0.2, 0) is 17.7 Å². The van der Waals surface area contributed by atoms with E-state index in [9.17, 15) is 0 Å². The summed E-state index contributed by atoms with van der Waals surface area (Å²) in [5.41, 5.74) is 2.40. The minimum atomic E-state index is 0.329. The molecule has 3 atom stereocenters. The van der Waals surface area contributed by atoms with Gasteiger partial charge in [0.05, 0.1) is 11.8 Å². The van der Waals surface area contributed by atoms with E-state index in [1.165, 1.54) is 12.1 Å². The number of nitrogens with zero attached hydrogens (tertiary/aromatic N) is 2. The van der Waals surface area contributed by atoms with Crippen LogP contribution in [-0.4, -0.2) is 35.6 Å². The van der Waals surface area contributed by atoms with E-state index >= 15 is 0 Å². The fourth-order valence-corrected chi connectivity index (χ4v) is 2.88. The Morgan fingerprint density at radius 3 is 2.94 bits per heavy atom. The number of aryl methyl sites for hydroxylation is 2. The first kappa shape index (κ1) is 13.6. The smallest absolute Gasteiger partial charge is 0.0758 e. The van der Waals surface area contributed by atoms with Gasteiger partial charge in [0, 0.05) is 31.3 Å². The molecule has 0 radical (unpaired) electrons. The predicted octanol–water partition coefficient (Wildman–Crippen LogP) is 1.77. The number of hydrogen-bond acceptors (Lipinski definition) is 3. The molecule has 0 spiro atoms. The molecule has 1 aromatic rings. The maximum absolute atomic E-state index is 5.88. The minimum absolute atomic E-state index is 0.329. The molecule has 4 nitrogen and oxygen atoms in total. The van der Waals surface area contributed by atoms with E-state index in [0.29, 0.717) is 18.1 Å². The van der Waals surface area contributed by atoms with Gasteiger partial charge in [0.2, 0.25) is 0 Å². The summed E-state index contributed by atoms with van der Waals surface area (Å²) in [5, 5.41) is 7.93. The van der Waals surface area contributed by atoms with Crippen LogP contribution in [0.5, 0.6) is 0 Å². The van der Waals surface area contributed by atoms with E-state index in [-0.39, 0.29) is 0 Å². The van der Waals surface area contributed by atoms with Crippen LogP contribution >= 0.6 is 0 Å². The van der Waals surface area contributed by atoms with Gasteiger partial charge in [-0.05, 0) is 39.3 Å². The summed E-state index contributed by atoms with van der Waals surface area (Å²) in [6, 6.07) is 2.57. The number of rotatable bonds is 5. The maximum Gasteiger partial charge on any atom is 0.0758 e. The highest BCUT2D eigenvalue weighted by Gasteiger charge is 2.31. The van der Waals surface area contributed by atoms with Crippen molar-refractivity contribution in [3.8, 4) is 0 Å². The summed E-state index contributed by atoms with van der Waals surface area (Å²) in [4.78, 5) is 0. The van der Waals surface area contributed by atoms with Crippen LogP contribution in [0.25, 0.3) is 0 Å². The first-order valence-corrected chi connectivity index (χ1v) is 6.98. The highest BCUT2D eigenvalue weighted by atomic mass is 16.5. The second-order valence-electron chi connectivity index (χ2n) is 5.29. The molecule has 0 amide bonds. The zero-order chi connectivity index (χ0) is 13.1. The quantitative estimate of drug-likeness (QED) is 0.867. The van der Waals surface area contributed by atoms with Crippen molar-refractivity contribution in [2.75, 3.05) is 13.7 Å². The molecule has 18 heavy (non-hydrogen) atoms. The van der Waals surface area contributed by atoms with Gasteiger partial charge in [-0.1, -0.05) is 6.92 Å². The molecule has 0 aliphatic carbocycles. The van der Waals surface area contributed by atoms with Crippen LogP contribution in [0.1, 0.15) is 31.7 Å². The SMILES string of the molecule is CCn1nc(C)cc1CC(NC)C1OCCC1C. The summed E-state index contributed by atoms with van der Waals surface area (Å²) < 4.78 is 7.98. The Hall–Kier alpha value is -0.870. The van der Waals surface area contributed by atoms with Gasteiger partial charge in [-0.3, -0.25) is 4.68 Å². The zero-order valence-electron chi connectivity index (χ0n) is 11.9. The third-order valence-corrected chi connectivity index (χ3v) is 3.93. The van der Waals surface area contributed by atoms with Gasteiger partial charge < -0.3 is 10.1 Å². The first-order valence-electron chi connectivity index (χ1n) is 6.98. The number of ether oxygens (including phenoxy) is 1. The molecule has 3 unspecified atom stereocenters. The third-order valence-electron chi connectivity index (χ3n) is 3.93. The lowest BCUT2D eigenvalue weighted by Gasteiger charge is -2.25. The molecule has 1 aromatic heterocycles. The molecule has 2 heterocycles. The summed E-state index contributed by atoms with van der Waals surface area (Å²) in [6.45, 7) is 8.30. The van der Waals surface area contributed by atoms with E-state index in [2.05, 4.69) is 41.9 Å². The van der Waals surface area contributed by atoms with E-state index in [1.54, 1.807) is 0 Å². The molecule has 0 aromatic carbocycles. The Morgan fingerprint density at radius 2 is 2.39 bits per heavy atom. The van der Waals surface area contributed by atoms with E-state index in [4.69, 9.17) is 4.74 Å². The van der Waals surface area contributed by atoms with Gasteiger partial charge >= 0.3 is 0 Å². The van der Waals surface area contributed by atoms with Crippen LogP contribution < -0.4 is 5.32 Å². The molecule has 0 bridgehead atoms. The van der Waals surface area contributed by atoms with Gasteiger partial charge in [-0.15, -0.1) is 0 Å². The summed E-state index contributed by atoms with van der Waals surface area (Å²) >= 11 is 0. The van der Waals surface area contributed by atoms with Crippen LogP contribution in [0.2, 0.25) is 0 Å². The molecule has 102 valence electrons. The molecule has 4 heteroatoms. The number of hydrogen-bond donors (Lipinski definition) is 1. The first-order chi connectivity index (χ1) is 8.65. The van der Waals surface area contributed by atoms with Crippen molar-refractivity contribution in [1.82, 2.24) is 15.1 Å². The lowest BCUT2D eigenvalue weighted by Crippen LogP contribution is -2.42. The molecule has 0 saturated carbocycles. The molecule has 1 fully saturated rings. The molecule has 1 N–H and O–H groups in total. The maximum atomic E-state index is 5.88. The van der Waals surface area contributed by atoms with Crippen molar-refractivity contribution in [2.45, 2.75) is 52.3 Å². The van der Waals surface area contributed by atoms with Crippen molar-refractivity contribution in [1.29, 1.82) is 0 Å². The second-order valence-corrected chi connectivity index (χ2v) is 5.29. The minimum Gasteiger partial charge on any atom is -0.376 e. The fraction of sp³-hybridized carbons (Fsp3) is 0.786. The van der Waals surface area contributed by atoms with Gasteiger partial charge in [-0.25, -0.2) is 0 Å². The van der Waals surface area contributed by atoms with Crippen molar-refractivity contribution < 1.29 is 4.74 Å². The molecule has 2 rings (SSSR count). The molecule has 1 aliphatic heterocycles. The van der Waals surface area contributed by atoms with Gasteiger partial charge in [0.1, 0.15) is 0 Å². The van der Waals surface area contributed by atoms with E-state index in [0.717, 1.165) is 25.3 Å².